The van der Waals surface area contributed by atoms with Crippen LogP contribution in [0.1, 0.15) is 19.3 Å². The lowest BCUT2D eigenvalue weighted by Gasteiger charge is -2.37. The van der Waals surface area contributed by atoms with Gasteiger partial charge in [-0.3, -0.25) is 9.59 Å². The van der Waals surface area contributed by atoms with Gasteiger partial charge < -0.3 is 15.5 Å². The molecule has 2 atom stereocenters. The minimum absolute atomic E-state index is 0.00414. The highest BCUT2D eigenvalue weighted by atomic mass is 35.5. The van der Waals surface area contributed by atoms with Crippen molar-refractivity contribution in [2.45, 2.75) is 37.4 Å². The lowest BCUT2D eigenvalue weighted by atomic mass is 10.0. The Morgan fingerprint density at radius 1 is 1.18 bits per heavy atom. The van der Waals surface area contributed by atoms with Crippen LogP contribution in [0.2, 0.25) is 5.02 Å². The van der Waals surface area contributed by atoms with Crippen molar-refractivity contribution in [2.24, 2.45) is 0 Å². The molecule has 0 bridgehead atoms. The third kappa shape index (κ3) is 5.96. The number of nitrogens with zero attached hydrogens (tertiary/aromatic N) is 3. The van der Waals surface area contributed by atoms with Crippen LogP contribution >= 0.6 is 23.7 Å². The van der Waals surface area contributed by atoms with Gasteiger partial charge in [-0.25, -0.2) is 18.4 Å². The van der Waals surface area contributed by atoms with Gasteiger partial charge in [0.1, 0.15) is 11.9 Å². The lowest BCUT2D eigenvalue weighted by Crippen LogP contribution is -2.56. The molecule has 8 nitrogen and oxygen atoms in total. The molecule has 0 saturated carbocycles. The number of amides is 2. The van der Waals surface area contributed by atoms with Gasteiger partial charge in [-0.1, -0.05) is 11.6 Å². The third-order valence-electron chi connectivity index (χ3n) is 5.96. The second-order valence-corrected chi connectivity index (χ2v) is 9.69. The zero-order valence-corrected chi connectivity index (χ0v) is 20.0. The lowest BCUT2D eigenvalue weighted by molar-refractivity contribution is -0.125. The van der Waals surface area contributed by atoms with Crippen LogP contribution in [0.5, 0.6) is 0 Å². The van der Waals surface area contributed by atoms with Crippen LogP contribution in [0.3, 0.4) is 0 Å². The molecule has 1 aromatic heterocycles. The van der Waals surface area contributed by atoms with Crippen LogP contribution in [-0.4, -0.2) is 59.4 Å². The van der Waals surface area contributed by atoms with Gasteiger partial charge in [-0.2, -0.15) is 4.39 Å². The number of hydrogen-bond donors (Lipinski definition) is 3. The normalized spacial score (nSPS) is 21.8. The van der Waals surface area contributed by atoms with Gasteiger partial charge in [0.2, 0.25) is 17.8 Å². The monoisotopic (exact) mass is 510 g/mol. The van der Waals surface area contributed by atoms with Crippen LogP contribution in [0, 0.1) is 11.8 Å². The molecule has 2 aromatic rings. The Kier molecular flexibility index (Phi) is 7.87. The van der Waals surface area contributed by atoms with Crippen molar-refractivity contribution < 1.29 is 18.4 Å². The highest BCUT2D eigenvalue weighted by molar-refractivity contribution is 7.95. The number of benzene rings is 1. The SMILES string of the molecule is CN1SNC(C(=O)NC2CCN(c3ccnc(F)c3)CC2)CC1C(=O)Nc1ccc(F)c(Cl)c1. The fraction of sp³-hybridized carbons (Fsp3) is 0.409. The number of hydrogen-bond acceptors (Lipinski definition) is 7. The molecule has 0 aliphatic carbocycles. The molecule has 3 N–H and O–H groups in total. The molecule has 34 heavy (non-hydrogen) atoms. The summed E-state index contributed by atoms with van der Waals surface area (Å²) in [5.41, 5.74) is 1.16. The maximum absolute atomic E-state index is 13.4. The molecular formula is C22H25ClF2N6O2S. The van der Waals surface area contributed by atoms with Crippen molar-refractivity contribution in [3.63, 3.8) is 0 Å². The summed E-state index contributed by atoms with van der Waals surface area (Å²) < 4.78 is 31.6. The molecule has 4 rings (SSSR count). The maximum atomic E-state index is 13.4. The molecule has 182 valence electrons. The molecule has 2 saturated heterocycles. The largest absolute Gasteiger partial charge is 0.371 e. The summed E-state index contributed by atoms with van der Waals surface area (Å²) in [4.78, 5) is 31.4. The number of nitrogens with one attached hydrogen (secondary N) is 3. The number of likely N-dealkylation sites (N-methyl/N-ethyl adjacent to an activating group) is 1. The van der Waals surface area contributed by atoms with Gasteiger partial charge in [0.15, 0.2) is 0 Å². The smallest absolute Gasteiger partial charge is 0.242 e. The molecule has 2 amide bonds. The quantitative estimate of drug-likeness (QED) is 0.421. The number of pyridine rings is 1. The Morgan fingerprint density at radius 3 is 2.65 bits per heavy atom. The number of rotatable bonds is 5. The molecule has 1 aromatic carbocycles. The topological polar surface area (TPSA) is 89.6 Å². The van der Waals surface area contributed by atoms with Gasteiger partial charge in [-0.05, 0) is 50.6 Å². The number of carbonyl (C=O) groups is 2. The van der Waals surface area contributed by atoms with E-state index in [1.165, 1.54) is 42.6 Å². The van der Waals surface area contributed by atoms with E-state index < -0.39 is 23.8 Å². The summed E-state index contributed by atoms with van der Waals surface area (Å²) in [6, 6.07) is 6.01. The molecule has 2 aliphatic rings. The number of carbonyl (C=O) groups excluding carboxylic acids is 2. The molecule has 2 fully saturated rings. The summed E-state index contributed by atoms with van der Waals surface area (Å²) in [6.07, 6.45) is 3.17. The van der Waals surface area contributed by atoms with Crippen molar-refractivity contribution in [2.75, 3.05) is 30.4 Å². The predicted molar refractivity (Wildman–Crippen MR) is 128 cm³/mol. The maximum Gasteiger partial charge on any atom is 0.242 e. The summed E-state index contributed by atoms with van der Waals surface area (Å²) in [7, 11) is 1.76. The van der Waals surface area contributed by atoms with E-state index in [1.807, 2.05) is 0 Å². The number of anilines is 2. The van der Waals surface area contributed by atoms with Crippen molar-refractivity contribution in [1.82, 2.24) is 19.3 Å². The Labute approximate surface area is 205 Å². The second kappa shape index (κ2) is 10.9. The van der Waals surface area contributed by atoms with Crippen LogP contribution < -0.4 is 20.3 Å². The standard InChI is InChI=1S/C22H25ClF2N6O2S/c1-30-19(22(33)28-14-2-3-17(24)16(23)10-14)12-18(29-34-30)21(32)27-13-5-8-31(9-6-13)15-4-7-26-20(25)11-15/h2-4,7,10-11,13,18-19,29H,5-6,8-9,12H2,1H3,(H,27,32)(H,28,33). The van der Waals surface area contributed by atoms with Gasteiger partial charge >= 0.3 is 0 Å². The fourth-order valence-corrected chi connectivity index (χ4v) is 5.02. The zero-order valence-electron chi connectivity index (χ0n) is 18.4. The Hall–Kier alpha value is -2.47. The first kappa shape index (κ1) is 24.6. The van der Waals surface area contributed by atoms with E-state index in [9.17, 15) is 18.4 Å². The van der Waals surface area contributed by atoms with Gasteiger partial charge in [-0.15, -0.1) is 0 Å². The molecule has 12 heteroatoms. The first-order chi connectivity index (χ1) is 16.3. The summed E-state index contributed by atoms with van der Waals surface area (Å²) in [5, 5.41) is 5.73. The van der Waals surface area contributed by atoms with E-state index >= 15 is 0 Å². The molecule has 2 unspecified atom stereocenters. The van der Waals surface area contributed by atoms with E-state index in [-0.39, 0.29) is 29.3 Å². The molecule has 3 heterocycles. The number of halogens is 3. The Morgan fingerprint density at radius 2 is 1.94 bits per heavy atom. The van der Waals surface area contributed by atoms with Crippen LogP contribution in [0.4, 0.5) is 20.2 Å². The second-order valence-electron chi connectivity index (χ2n) is 8.28. The molecular weight excluding hydrogens is 486 g/mol. The van der Waals surface area contributed by atoms with E-state index in [2.05, 4.69) is 25.2 Å². The van der Waals surface area contributed by atoms with Gasteiger partial charge in [0.05, 0.1) is 11.1 Å². The van der Waals surface area contributed by atoms with Gasteiger partial charge in [0, 0.05) is 54.9 Å². The summed E-state index contributed by atoms with van der Waals surface area (Å²) in [5.74, 6) is -1.56. The van der Waals surface area contributed by atoms with E-state index in [1.54, 1.807) is 17.4 Å². The minimum Gasteiger partial charge on any atom is -0.371 e. The highest BCUT2D eigenvalue weighted by Gasteiger charge is 2.36. The zero-order chi connectivity index (χ0) is 24.2. The Bertz CT molecular complexity index is 1060. The predicted octanol–water partition coefficient (Wildman–Crippen LogP) is 2.96. The van der Waals surface area contributed by atoms with Crippen molar-refractivity contribution in [3.8, 4) is 0 Å². The highest BCUT2D eigenvalue weighted by Crippen LogP contribution is 2.25. The molecule has 2 aliphatic heterocycles. The first-order valence-corrected chi connectivity index (χ1v) is 12.0. The average Bonchev–Trinajstić information content (AvgIpc) is 2.82. The van der Waals surface area contributed by atoms with Crippen LogP contribution in [0.25, 0.3) is 0 Å². The van der Waals surface area contributed by atoms with Gasteiger partial charge in [0.25, 0.3) is 0 Å². The summed E-state index contributed by atoms with van der Waals surface area (Å²) in [6.45, 7) is 1.38. The van der Waals surface area contributed by atoms with E-state index in [4.69, 9.17) is 11.6 Å². The molecule has 0 spiro atoms. The Balaban J connectivity index is 1.29. The minimum atomic E-state index is -0.575. The average molecular weight is 511 g/mol. The first-order valence-electron chi connectivity index (χ1n) is 10.9. The number of piperidine rings is 1. The van der Waals surface area contributed by atoms with Crippen LogP contribution in [0.15, 0.2) is 36.5 Å². The molecule has 0 radical (unpaired) electrons. The van der Waals surface area contributed by atoms with E-state index in [0.717, 1.165) is 18.5 Å². The third-order valence-corrected chi connectivity index (χ3v) is 7.18. The van der Waals surface area contributed by atoms with Crippen LogP contribution in [-0.2, 0) is 9.59 Å². The van der Waals surface area contributed by atoms with Crippen molar-refractivity contribution in [3.05, 3.63) is 53.3 Å². The number of aromatic nitrogens is 1. The van der Waals surface area contributed by atoms with Crippen molar-refractivity contribution in [1.29, 1.82) is 0 Å². The van der Waals surface area contributed by atoms with Crippen molar-refractivity contribution >= 4 is 46.9 Å². The summed E-state index contributed by atoms with van der Waals surface area (Å²) >= 11 is 6.99. The van der Waals surface area contributed by atoms with E-state index in [0.29, 0.717) is 18.8 Å². The fourth-order valence-electron chi connectivity index (χ4n) is 4.04.